The van der Waals surface area contributed by atoms with Crippen LogP contribution in [-0.4, -0.2) is 50.9 Å². The third-order valence-corrected chi connectivity index (χ3v) is 7.97. The number of benzene rings is 3. The first kappa shape index (κ1) is 29.7. The highest BCUT2D eigenvalue weighted by molar-refractivity contribution is 7.92. The number of nitrogens with one attached hydrogen (secondary N) is 1. The molecular weight excluding hydrogens is 514 g/mol. The molecular formula is C30H37N3O5S. The Morgan fingerprint density at radius 1 is 0.949 bits per heavy atom. The fourth-order valence-corrected chi connectivity index (χ4v) is 5.61. The van der Waals surface area contributed by atoms with Gasteiger partial charge in [-0.25, -0.2) is 8.42 Å². The van der Waals surface area contributed by atoms with Gasteiger partial charge in [-0.3, -0.25) is 13.9 Å². The van der Waals surface area contributed by atoms with Crippen molar-refractivity contribution in [2.75, 3.05) is 24.0 Å². The second-order valence-corrected chi connectivity index (χ2v) is 11.1. The Bertz CT molecular complexity index is 1360. The predicted octanol–water partition coefficient (Wildman–Crippen LogP) is 4.53. The number of anilines is 1. The fraction of sp³-hybridized carbons (Fsp3) is 0.333. The zero-order chi connectivity index (χ0) is 28.4. The summed E-state index contributed by atoms with van der Waals surface area (Å²) in [4.78, 5) is 28.4. The molecule has 0 aromatic heterocycles. The highest BCUT2D eigenvalue weighted by Crippen LogP contribution is 2.32. The summed E-state index contributed by atoms with van der Waals surface area (Å²) in [6.45, 7) is 7.78. The van der Waals surface area contributed by atoms with Gasteiger partial charge in [0.05, 0.1) is 17.2 Å². The molecule has 1 atom stereocenters. The molecule has 3 aromatic carbocycles. The second kappa shape index (κ2) is 13.8. The number of ether oxygens (including phenoxy) is 1. The summed E-state index contributed by atoms with van der Waals surface area (Å²) in [6, 6.07) is 21.5. The zero-order valence-corrected chi connectivity index (χ0v) is 23.8. The van der Waals surface area contributed by atoms with Crippen LogP contribution in [0.5, 0.6) is 5.75 Å². The molecule has 0 spiro atoms. The number of carbonyl (C=O) groups is 2. The summed E-state index contributed by atoms with van der Waals surface area (Å²) >= 11 is 0. The Balaban J connectivity index is 2.06. The number of hydrogen-bond acceptors (Lipinski definition) is 5. The molecule has 0 saturated heterocycles. The van der Waals surface area contributed by atoms with Crippen LogP contribution in [0.2, 0.25) is 0 Å². The van der Waals surface area contributed by atoms with Gasteiger partial charge in [0.1, 0.15) is 18.3 Å². The van der Waals surface area contributed by atoms with E-state index in [1.165, 1.54) is 17.0 Å². The van der Waals surface area contributed by atoms with Gasteiger partial charge in [0.2, 0.25) is 11.8 Å². The van der Waals surface area contributed by atoms with Gasteiger partial charge < -0.3 is 15.0 Å². The van der Waals surface area contributed by atoms with E-state index >= 15 is 0 Å². The molecule has 3 rings (SSSR count). The number of para-hydroxylation sites is 2. The average Bonchev–Trinajstić information content (AvgIpc) is 2.94. The molecule has 3 aromatic rings. The quantitative estimate of drug-likeness (QED) is 0.337. The average molecular weight is 552 g/mol. The minimum atomic E-state index is -4.16. The number of rotatable bonds is 13. The minimum absolute atomic E-state index is 0.0445. The van der Waals surface area contributed by atoms with Crippen molar-refractivity contribution in [1.29, 1.82) is 0 Å². The number of amides is 2. The van der Waals surface area contributed by atoms with Gasteiger partial charge in [-0.15, -0.1) is 0 Å². The van der Waals surface area contributed by atoms with E-state index in [9.17, 15) is 18.0 Å². The highest BCUT2D eigenvalue weighted by Gasteiger charge is 2.33. The maximum Gasteiger partial charge on any atom is 0.264 e. The van der Waals surface area contributed by atoms with Crippen LogP contribution in [0.15, 0.2) is 83.8 Å². The lowest BCUT2D eigenvalue weighted by Crippen LogP contribution is -2.51. The molecule has 0 heterocycles. The van der Waals surface area contributed by atoms with Gasteiger partial charge in [0, 0.05) is 13.1 Å². The molecule has 0 fully saturated rings. The van der Waals surface area contributed by atoms with Crippen molar-refractivity contribution in [1.82, 2.24) is 10.2 Å². The molecule has 208 valence electrons. The normalized spacial score (nSPS) is 11.9. The molecule has 0 radical (unpaired) electrons. The van der Waals surface area contributed by atoms with E-state index < -0.39 is 28.5 Å². The predicted molar refractivity (Wildman–Crippen MR) is 153 cm³/mol. The first-order chi connectivity index (χ1) is 18.7. The summed E-state index contributed by atoms with van der Waals surface area (Å²) in [6.07, 6.45) is 0.752. The van der Waals surface area contributed by atoms with E-state index in [4.69, 9.17) is 4.74 Å². The van der Waals surface area contributed by atoms with Crippen molar-refractivity contribution in [3.63, 3.8) is 0 Å². The maximum atomic E-state index is 14.0. The molecule has 0 bridgehead atoms. The summed E-state index contributed by atoms with van der Waals surface area (Å²) < 4.78 is 34.6. The Morgan fingerprint density at radius 3 is 2.31 bits per heavy atom. The zero-order valence-electron chi connectivity index (χ0n) is 23.0. The third-order valence-electron chi connectivity index (χ3n) is 6.20. The molecule has 9 heteroatoms. The van der Waals surface area contributed by atoms with Crippen LogP contribution in [-0.2, 0) is 26.2 Å². The Labute approximate surface area is 231 Å². The molecule has 8 nitrogen and oxygen atoms in total. The van der Waals surface area contributed by atoms with Crippen LogP contribution in [0, 0.1) is 6.92 Å². The first-order valence-corrected chi connectivity index (χ1v) is 14.5. The maximum absolute atomic E-state index is 14.0. The number of sulfonamides is 1. The molecule has 0 unspecified atom stereocenters. The topological polar surface area (TPSA) is 96.0 Å². The SMILES string of the molecule is CCCNC(=O)[C@H](C)N(Cc1cccc(C)c1)C(=O)CN(c1ccccc1OCC)S(=O)(=O)c1ccccc1. The standard InChI is InChI=1S/C30H37N3O5S/c1-5-19-31-30(35)24(4)32(21-25-14-12-13-23(3)20-25)29(34)22-33(27-17-10-11-18-28(27)38-6-2)39(36,37)26-15-8-7-9-16-26/h7-18,20,24H,5-6,19,21-22H2,1-4H3,(H,31,35)/t24-/m0/s1. The van der Waals surface area contributed by atoms with E-state index in [1.54, 1.807) is 56.3 Å². The lowest BCUT2D eigenvalue weighted by molar-refractivity contribution is -0.139. The van der Waals surface area contributed by atoms with Crippen molar-refractivity contribution in [3.8, 4) is 5.75 Å². The van der Waals surface area contributed by atoms with Gasteiger partial charge in [-0.2, -0.15) is 0 Å². The van der Waals surface area contributed by atoms with Gasteiger partial charge in [-0.05, 0) is 57.0 Å². The van der Waals surface area contributed by atoms with Crippen LogP contribution < -0.4 is 14.4 Å². The van der Waals surface area contributed by atoms with Crippen molar-refractivity contribution < 1.29 is 22.7 Å². The highest BCUT2D eigenvalue weighted by atomic mass is 32.2. The summed E-state index contributed by atoms with van der Waals surface area (Å²) in [5.41, 5.74) is 2.10. The van der Waals surface area contributed by atoms with Crippen molar-refractivity contribution in [2.45, 2.75) is 51.6 Å². The lowest BCUT2D eigenvalue weighted by atomic mass is 10.1. The molecule has 0 aliphatic rings. The molecule has 1 N–H and O–H groups in total. The second-order valence-electron chi connectivity index (χ2n) is 9.20. The molecule has 0 aliphatic carbocycles. The smallest absolute Gasteiger partial charge is 0.264 e. The lowest BCUT2D eigenvalue weighted by Gasteiger charge is -2.32. The van der Waals surface area contributed by atoms with Gasteiger partial charge in [0.15, 0.2) is 0 Å². The Morgan fingerprint density at radius 2 is 1.64 bits per heavy atom. The molecule has 39 heavy (non-hydrogen) atoms. The van der Waals surface area contributed by atoms with Crippen molar-refractivity contribution in [3.05, 3.63) is 90.0 Å². The number of carbonyl (C=O) groups excluding carboxylic acids is 2. The molecule has 0 aliphatic heterocycles. The third kappa shape index (κ3) is 7.60. The van der Waals surface area contributed by atoms with E-state index in [1.807, 2.05) is 38.1 Å². The number of aryl methyl sites for hydroxylation is 1. The van der Waals surface area contributed by atoms with E-state index in [2.05, 4.69) is 5.32 Å². The van der Waals surface area contributed by atoms with Crippen LogP contribution in [0.4, 0.5) is 5.69 Å². The largest absolute Gasteiger partial charge is 0.492 e. The van der Waals surface area contributed by atoms with E-state index in [0.717, 1.165) is 21.9 Å². The first-order valence-electron chi connectivity index (χ1n) is 13.1. The van der Waals surface area contributed by atoms with Crippen LogP contribution in [0.25, 0.3) is 0 Å². The van der Waals surface area contributed by atoms with Crippen LogP contribution in [0.3, 0.4) is 0 Å². The van der Waals surface area contributed by atoms with Gasteiger partial charge >= 0.3 is 0 Å². The number of hydrogen-bond donors (Lipinski definition) is 1. The van der Waals surface area contributed by atoms with Crippen molar-refractivity contribution >= 4 is 27.5 Å². The monoisotopic (exact) mass is 551 g/mol. The van der Waals surface area contributed by atoms with Gasteiger partial charge in [-0.1, -0.05) is 67.1 Å². The number of nitrogens with zero attached hydrogens (tertiary/aromatic N) is 2. The Hall–Kier alpha value is -3.85. The van der Waals surface area contributed by atoms with E-state index in [-0.39, 0.29) is 23.0 Å². The van der Waals surface area contributed by atoms with Gasteiger partial charge in [0.25, 0.3) is 10.0 Å². The molecule has 2 amide bonds. The fourth-order valence-electron chi connectivity index (χ4n) is 4.16. The Kier molecular flexibility index (Phi) is 10.5. The summed E-state index contributed by atoms with van der Waals surface area (Å²) in [5, 5.41) is 2.85. The molecule has 0 saturated carbocycles. The van der Waals surface area contributed by atoms with E-state index in [0.29, 0.717) is 18.9 Å². The van der Waals surface area contributed by atoms with Crippen LogP contribution in [0.1, 0.15) is 38.3 Å². The summed E-state index contributed by atoms with van der Waals surface area (Å²) in [7, 11) is -4.16. The van der Waals surface area contributed by atoms with Crippen molar-refractivity contribution in [2.24, 2.45) is 0 Å². The summed E-state index contributed by atoms with van der Waals surface area (Å²) in [5.74, 6) is -0.474. The minimum Gasteiger partial charge on any atom is -0.492 e. The van der Waals surface area contributed by atoms with Crippen LogP contribution >= 0.6 is 0 Å².